The molecule has 1 aliphatic carbocycles. The number of hydrogen-bond donors (Lipinski definition) is 0. The average molecular weight is 378 g/mol. The third-order valence-corrected chi connectivity index (χ3v) is 5.98. The lowest BCUT2D eigenvalue weighted by atomic mass is 9.95. The molecule has 0 unspecified atom stereocenters. The van der Waals surface area contributed by atoms with E-state index in [2.05, 4.69) is 46.0 Å². The van der Waals surface area contributed by atoms with Crippen molar-refractivity contribution in [2.24, 2.45) is 11.8 Å². The molecular weight excluding hydrogens is 346 g/mol. The molecule has 4 nitrogen and oxygen atoms in total. The van der Waals surface area contributed by atoms with Gasteiger partial charge in [-0.1, -0.05) is 31.2 Å². The molecule has 148 valence electrons. The fourth-order valence-corrected chi connectivity index (χ4v) is 4.25. The summed E-state index contributed by atoms with van der Waals surface area (Å²) in [7, 11) is 0. The van der Waals surface area contributed by atoms with Gasteiger partial charge in [-0.2, -0.15) is 0 Å². The summed E-state index contributed by atoms with van der Waals surface area (Å²) in [5.74, 6) is 1.28. The third-order valence-electron chi connectivity index (χ3n) is 5.98. The topological polar surface area (TPSA) is 36.4 Å². The van der Waals surface area contributed by atoms with E-state index in [9.17, 15) is 4.79 Å². The zero-order valence-electron chi connectivity index (χ0n) is 16.9. The minimum absolute atomic E-state index is 0.0691. The first kappa shape index (κ1) is 19.1. The Kier molecular flexibility index (Phi) is 6.06. The number of nitrogens with zero attached hydrogens (tertiary/aromatic N) is 3. The Labute approximate surface area is 168 Å². The van der Waals surface area contributed by atoms with E-state index in [1.807, 2.05) is 24.5 Å². The summed E-state index contributed by atoms with van der Waals surface area (Å²) in [4.78, 5) is 21.9. The van der Waals surface area contributed by atoms with Crippen LogP contribution in [0, 0.1) is 11.8 Å². The largest absolute Gasteiger partial charge is 0.341 e. The van der Waals surface area contributed by atoms with Gasteiger partial charge >= 0.3 is 0 Å². The highest BCUT2D eigenvalue weighted by molar-refractivity contribution is 5.79. The van der Waals surface area contributed by atoms with Gasteiger partial charge in [-0.3, -0.25) is 9.78 Å². The van der Waals surface area contributed by atoms with Crippen LogP contribution in [0.1, 0.15) is 31.7 Å². The van der Waals surface area contributed by atoms with Gasteiger partial charge in [-0.15, -0.1) is 0 Å². The van der Waals surface area contributed by atoms with Crippen LogP contribution in [-0.4, -0.2) is 53.4 Å². The maximum Gasteiger partial charge on any atom is 0.227 e. The Balaban J connectivity index is 1.47. The van der Waals surface area contributed by atoms with Crippen molar-refractivity contribution in [1.82, 2.24) is 14.8 Å². The van der Waals surface area contributed by atoms with Gasteiger partial charge in [-0.05, 0) is 60.4 Å². The monoisotopic (exact) mass is 377 g/mol. The van der Waals surface area contributed by atoms with Crippen LogP contribution in [-0.2, 0) is 11.2 Å². The second kappa shape index (κ2) is 8.87. The maximum absolute atomic E-state index is 13.2. The molecule has 0 bridgehead atoms. The fourth-order valence-electron chi connectivity index (χ4n) is 4.25. The quantitative estimate of drug-likeness (QED) is 0.735. The Morgan fingerprint density at radius 2 is 1.71 bits per heavy atom. The van der Waals surface area contributed by atoms with Gasteiger partial charge in [0.25, 0.3) is 0 Å². The lowest BCUT2D eigenvalue weighted by Crippen LogP contribution is -2.37. The highest BCUT2D eigenvalue weighted by Crippen LogP contribution is 2.31. The predicted molar refractivity (Wildman–Crippen MR) is 113 cm³/mol. The van der Waals surface area contributed by atoms with Crippen LogP contribution < -0.4 is 0 Å². The van der Waals surface area contributed by atoms with Crippen molar-refractivity contribution in [3.8, 4) is 11.1 Å². The van der Waals surface area contributed by atoms with Gasteiger partial charge in [0, 0.05) is 45.1 Å². The maximum atomic E-state index is 13.2. The minimum Gasteiger partial charge on any atom is -0.341 e. The van der Waals surface area contributed by atoms with E-state index in [1.165, 1.54) is 36.1 Å². The molecule has 0 N–H and O–H groups in total. The summed E-state index contributed by atoms with van der Waals surface area (Å²) in [5.41, 5.74) is 3.62. The van der Waals surface area contributed by atoms with Crippen molar-refractivity contribution in [1.29, 1.82) is 0 Å². The molecule has 2 heterocycles. The van der Waals surface area contributed by atoms with E-state index in [0.717, 1.165) is 44.9 Å². The van der Waals surface area contributed by atoms with Crippen molar-refractivity contribution < 1.29 is 4.79 Å². The second-order valence-electron chi connectivity index (χ2n) is 8.36. The van der Waals surface area contributed by atoms with Crippen LogP contribution in [0.25, 0.3) is 11.1 Å². The van der Waals surface area contributed by atoms with Crippen molar-refractivity contribution in [3.05, 3.63) is 54.4 Å². The zero-order chi connectivity index (χ0) is 19.3. The summed E-state index contributed by atoms with van der Waals surface area (Å²) in [5, 5.41) is 0. The molecule has 4 heteroatoms. The third kappa shape index (κ3) is 4.79. The summed E-state index contributed by atoms with van der Waals surface area (Å²) in [6.45, 7) is 7.03. The predicted octanol–water partition coefficient (Wildman–Crippen LogP) is 3.87. The molecular formula is C24H31N3O. The molecule has 1 saturated carbocycles. The van der Waals surface area contributed by atoms with Crippen LogP contribution in [0.15, 0.2) is 48.8 Å². The normalized spacial score (nSPS) is 21.0. The van der Waals surface area contributed by atoms with Crippen LogP contribution in [0.4, 0.5) is 0 Å². The smallest absolute Gasteiger partial charge is 0.227 e. The van der Waals surface area contributed by atoms with Crippen molar-refractivity contribution >= 4 is 5.91 Å². The number of rotatable bonds is 7. The Morgan fingerprint density at radius 1 is 1.00 bits per heavy atom. The Hall–Kier alpha value is -2.20. The molecule has 1 saturated heterocycles. The molecule has 2 aliphatic rings. The van der Waals surface area contributed by atoms with E-state index in [-0.39, 0.29) is 5.92 Å². The SMILES string of the molecule is CCCN1CCN(CC2CC2)C[C@@H](Cc2ccc(-c3ccncc3)cc2)C1=O. The Morgan fingerprint density at radius 3 is 2.39 bits per heavy atom. The second-order valence-corrected chi connectivity index (χ2v) is 8.36. The molecule has 1 aromatic carbocycles. The molecule has 1 amide bonds. The Bertz CT molecular complexity index is 770. The molecule has 2 fully saturated rings. The first-order chi connectivity index (χ1) is 13.7. The van der Waals surface area contributed by atoms with E-state index < -0.39 is 0 Å². The van der Waals surface area contributed by atoms with Crippen LogP contribution in [0.3, 0.4) is 0 Å². The van der Waals surface area contributed by atoms with Gasteiger partial charge in [0.15, 0.2) is 0 Å². The highest BCUT2D eigenvalue weighted by Gasteiger charge is 2.32. The lowest BCUT2D eigenvalue weighted by molar-refractivity contribution is -0.134. The van der Waals surface area contributed by atoms with Crippen molar-refractivity contribution in [2.75, 3.05) is 32.7 Å². The van der Waals surface area contributed by atoms with E-state index in [4.69, 9.17) is 0 Å². The summed E-state index contributed by atoms with van der Waals surface area (Å²) in [6.07, 6.45) is 8.24. The van der Waals surface area contributed by atoms with E-state index >= 15 is 0 Å². The van der Waals surface area contributed by atoms with Crippen LogP contribution in [0.2, 0.25) is 0 Å². The van der Waals surface area contributed by atoms with Gasteiger partial charge in [-0.25, -0.2) is 0 Å². The number of benzene rings is 1. The van der Waals surface area contributed by atoms with Gasteiger partial charge in [0.05, 0.1) is 5.92 Å². The first-order valence-electron chi connectivity index (χ1n) is 10.7. The van der Waals surface area contributed by atoms with Gasteiger partial charge in [0.1, 0.15) is 0 Å². The number of amides is 1. The van der Waals surface area contributed by atoms with Crippen LogP contribution >= 0.6 is 0 Å². The van der Waals surface area contributed by atoms with Crippen molar-refractivity contribution in [2.45, 2.75) is 32.6 Å². The molecule has 0 spiro atoms. The summed E-state index contributed by atoms with van der Waals surface area (Å²) >= 11 is 0. The standard InChI is InChI=1S/C24H31N3O/c1-2-13-27-15-14-26(17-20-3-4-20)18-23(24(27)28)16-19-5-7-21(8-6-19)22-9-11-25-12-10-22/h5-12,20,23H,2-4,13-18H2,1H3/t23-/m1/s1. The van der Waals surface area contributed by atoms with Crippen LogP contribution in [0.5, 0.6) is 0 Å². The number of aromatic nitrogens is 1. The van der Waals surface area contributed by atoms with Gasteiger partial charge in [0.2, 0.25) is 5.91 Å². The van der Waals surface area contributed by atoms with E-state index in [0.29, 0.717) is 5.91 Å². The molecule has 0 radical (unpaired) electrons. The average Bonchev–Trinajstić information content (AvgIpc) is 3.56. The fraction of sp³-hybridized carbons (Fsp3) is 0.500. The zero-order valence-corrected chi connectivity index (χ0v) is 16.9. The molecule has 4 rings (SSSR count). The van der Waals surface area contributed by atoms with Gasteiger partial charge < -0.3 is 9.80 Å². The molecule has 28 heavy (non-hydrogen) atoms. The molecule has 1 aliphatic heterocycles. The first-order valence-corrected chi connectivity index (χ1v) is 10.7. The van der Waals surface area contributed by atoms with E-state index in [1.54, 1.807) is 0 Å². The number of pyridine rings is 1. The number of carbonyl (C=O) groups is 1. The minimum atomic E-state index is 0.0691. The van der Waals surface area contributed by atoms with Crippen molar-refractivity contribution in [3.63, 3.8) is 0 Å². The summed E-state index contributed by atoms with van der Waals surface area (Å²) in [6, 6.07) is 12.8. The highest BCUT2D eigenvalue weighted by atomic mass is 16.2. The molecule has 1 aromatic heterocycles. The number of hydrogen-bond acceptors (Lipinski definition) is 3. The molecule has 2 aromatic rings. The molecule has 1 atom stereocenters. The number of carbonyl (C=O) groups excluding carboxylic acids is 1. The summed E-state index contributed by atoms with van der Waals surface area (Å²) < 4.78 is 0. The lowest BCUT2D eigenvalue weighted by Gasteiger charge is -2.24.